The van der Waals surface area contributed by atoms with Crippen molar-refractivity contribution >= 4 is 17.5 Å². The summed E-state index contributed by atoms with van der Waals surface area (Å²) in [6, 6.07) is 0. The number of aliphatic hydroxyl groups is 1. The lowest BCUT2D eigenvalue weighted by Gasteiger charge is -2.14. The van der Waals surface area contributed by atoms with E-state index in [0.717, 1.165) is 0 Å². The van der Waals surface area contributed by atoms with E-state index in [1.165, 1.54) is 0 Å². The zero-order valence-corrected chi connectivity index (χ0v) is 10.4. The summed E-state index contributed by atoms with van der Waals surface area (Å²) < 4.78 is 0. The number of aromatic nitrogens is 2. The lowest BCUT2D eigenvalue weighted by atomic mass is 10.2. The molecule has 0 radical (unpaired) electrons. The zero-order valence-electron chi connectivity index (χ0n) is 10.4. The Balaban J connectivity index is 2.90. The van der Waals surface area contributed by atoms with Gasteiger partial charge in [0.2, 0.25) is 5.91 Å². The summed E-state index contributed by atoms with van der Waals surface area (Å²) in [6.07, 6.45) is -0.624. The minimum atomic E-state index is -1.27. The molecular weight excluding hydrogens is 236 g/mol. The van der Waals surface area contributed by atoms with Crippen LogP contribution in [0.4, 0.5) is 11.6 Å². The Bertz CT molecular complexity index is 437. The molecule has 1 amide bonds. The summed E-state index contributed by atoms with van der Waals surface area (Å²) in [7, 11) is 0. The first kappa shape index (κ1) is 14.1. The minimum Gasteiger partial charge on any atom is -0.381 e. The SMILES string of the molecule is CCc1nc(NN)c(C)c(NCC(O)C(N)=O)n1. The highest BCUT2D eigenvalue weighted by atomic mass is 16.3. The van der Waals surface area contributed by atoms with E-state index in [-0.39, 0.29) is 6.54 Å². The van der Waals surface area contributed by atoms with Crippen molar-refractivity contribution in [2.45, 2.75) is 26.4 Å². The number of anilines is 2. The maximum atomic E-state index is 10.7. The monoisotopic (exact) mass is 254 g/mol. The second kappa shape index (κ2) is 6.12. The molecule has 0 aromatic carbocycles. The van der Waals surface area contributed by atoms with Crippen molar-refractivity contribution in [3.05, 3.63) is 11.4 Å². The van der Waals surface area contributed by atoms with Crippen molar-refractivity contribution in [1.82, 2.24) is 9.97 Å². The van der Waals surface area contributed by atoms with Crippen molar-refractivity contribution in [2.75, 3.05) is 17.3 Å². The predicted molar refractivity (Wildman–Crippen MR) is 67.6 cm³/mol. The molecule has 1 rings (SSSR count). The minimum absolute atomic E-state index is 0.0135. The highest BCUT2D eigenvalue weighted by molar-refractivity contribution is 5.79. The van der Waals surface area contributed by atoms with E-state index in [2.05, 4.69) is 20.7 Å². The number of nitrogens with two attached hydrogens (primary N) is 2. The van der Waals surface area contributed by atoms with Crippen molar-refractivity contribution in [3.8, 4) is 0 Å². The number of nitrogens with zero attached hydrogens (tertiary/aromatic N) is 2. The van der Waals surface area contributed by atoms with E-state index in [9.17, 15) is 9.90 Å². The average Bonchev–Trinajstić information content (AvgIpc) is 2.36. The second-order valence-electron chi connectivity index (χ2n) is 3.76. The van der Waals surface area contributed by atoms with Crippen LogP contribution in [0, 0.1) is 6.92 Å². The van der Waals surface area contributed by atoms with Gasteiger partial charge in [-0.2, -0.15) is 0 Å². The number of nitrogen functional groups attached to an aromatic ring is 1. The van der Waals surface area contributed by atoms with Gasteiger partial charge in [0.05, 0.1) is 6.54 Å². The van der Waals surface area contributed by atoms with Crippen molar-refractivity contribution in [2.24, 2.45) is 11.6 Å². The molecule has 8 heteroatoms. The average molecular weight is 254 g/mol. The molecule has 1 unspecified atom stereocenters. The number of aliphatic hydroxyl groups excluding tert-OH is 1. The number of amides is 1. The summed E-state index contributed by atoms with van der Waals surface area (Å²) in [5.74, 6) is 6.17. The van der Waals surface area contributed by atoms with Gasteiger partial charge in [-0.15, -0.1) is 0 Å². The van der Waals surface area contributed by atoms with Crippen LogP contribution < -0.4 is 22.3 Å². The maximum absolute atomic E-state index is 10.7. The van der Waals surface area contributed by atoms with Crippen LogP contribution in [0.5, 0.6) is 0 Å². The normalized spacial score (nSPS) is 12.0. The predicted octanol–water partition coefficient (Wildman–Crippen LogP) is -1.11. The number of primary amides is 1. The number of rotatable bonds is 6. The molecule has 0 spiro atoms. The van der Waals surface area contributed by atoms with Crippen LogP contribution in [-0.2, 0) is 11.2 Å². The van der Waals surface area contributed by atoms with Gasteiger partial charge < -0.3 is 21.6 Å². The third-order valence-electron chi connectivity index (χ3n) is 2.44. The molecule has 0 fully saturated rings. The largest absolute Gasteiger partial charge is 0.381 e. The molecule has 0 bridgehead atoms. The molecule has 7 N–H and O–H groups in total. The number of hydrazine groups is 1. The van der Waals surface area contributed by atoms with Crippen LogP contribution in [0.2, 0.25) is 0 Å². The molecule has 1 aromatic rings. The van der Waals surface area contributed by atoms with Gasteiger partial charge in [-0.3, -0.25) is 4.79 Å². The van der Waals surface area contributed by atoms with Gasteiger partial charge in [-0.25, -0.2) is 15.8 Å². The zero-order chi connectivity index (χ0) is 13.7. The summed E-state index contributed by atoms with van der Waals surface area (Å²) >= 11 is 0. The third kappa shape index (κ3) is 3.28. The fourth-order valence-corrected chi connectivity index (χ4v) is 1.33. The summed E-state index contributed by atoms with van der Waals surface area (Å²) in [4.78, 5) is 19.2. The first-order chi connectivity index (χ1) is 8.49. The molecule has 0 aliphatic carbocycles. The Hall–Kier alpha value is -1.93. The maximum Gasteiger partial charge on any atom is 0.248 e. The molecule has 0 saturated heterocycles. The lowest BCUT2D eigenvalue weighted by molar-refractivity contribution is -0.125. The number of hydrogen-bond acceptors (Lipinski definition) is 7. The first-order valence-corrected chi connectivity index (χ1v) is 5.55. The Morgan fingerprint density at radius 1 is 1.44 bits per heavy atom. The molecule has 0 aliphatic rings. The molecule has 1 atom stereocenters. The van der Waals surface area contributed by atoms with Crippen LogP contribution in [0.1, 0.15) is 18.3 Å². The van der Waals surface area contributed by atoms with Crippen LogP contribution in [0.15, 0.2) is 0 Å². The van der Waals surface area contributed by atoms with Gasteiger partial charge in [0.25, 0.3) is 0 Å². The first-order valence-electron chi connectivity index (χ1n) is 5.55. The van der Waals surface area contributed by atoms with Gasteiger partial charge >= 0.3 is 0 Å². The molecule has 0 saturated carbocycles. The van der Waals surface area contributed by atoms with Gasteiger partial charge in [0.15, 0.2) is 0 Å². The van der Waals surface area contributed by atoms with Gasteiger partial charge in [0.1, 0.15) is 23.6 Å². The standard InChI is InChI=1S/C10H18N6O2/c1-3-7-14-9(5(2)10(15-7)16-12)13-4-6(17)8(11)18/h6,17H,3-4,12H2,1-2H3,(H2,11,18)(H2,13,14,15,16). The quantitative estimate of drug-likeness (QED) is 0.320. The molecule has 18 heavy (non-hydrogen) atoms. The molecular formula is C10H18N6O2. The van der Waals surface area contributed by atoms with Crippen molar-refractivity contribution in [3.63, 3.8) is 0 Å². The molecule has 1 aromatic heterocycles. The third-order valence-corrected chi connectivity index (χ3v) is 2.44. The Labute approximate surface area is 105 Å². The Morgan fingerprint density at radius 2 is 2.06 bits per heavy atom. The molecule has 0 aliphatic heterocycles. The number of nitrogens with one attached hydrogen (secondary N) is 2. The molecule has 1 heterocycles. The fourth-order valence-electron chi connectivity index (χ4n) is 1.33. The number of carbonyl (C=O) groups is 1. The Kier molecular flexibility index (Phi) is 4.81. The van der Waals surface area contributed by atoms with Crippen molar-refractivity contribution in [1.29, 1.82) is 0 Å². The Morgan fingerprint density at radius 3 is 2.56 bits per heavy atom. The van der Waals surface area contributed by atoms with Crippen LogP contribution in [0.25, 0.3) is 0 Å². The van der Waals surface area contributed by atoms with Crippen LogP contribution in [0.3, 0.4) is 0 Å². The van der Waals surface area contributed by atoms with Gasteiger partial charge in [-0.05, 0) is 6.92 Å². The smallest absolute Gasteiger partial charge is 0.248 e. The fraction of sp³-hybridized carbons (Fsp3) is 0.500. The van der Waals surface area contributed by atoms with E-state index in [0.29, 0.717) is 29.4 Å². The molecule has 100 valence electrons. The summed E-state index contributed by atoms with van der Waals surface area (Å²) in [5.41, 5.74) is 8.13. The summed E-state index contributed by atoms with van der Waals surface area (Å²) in [5, 5.41) is 12.2. The number of carbonyl (C=O) groups excluding carboxylic acids is 1. The number of aryl methyl sites for hydroxylation is 1. The van der Waals surface area contributed by atoms with Gasteiger partial charge in [-0.1, -0.05) is 6.92 Å². The summed E-state index contributed by atoms with van der Waals surface area (Å²) in [6.45, 7) is 3.67. The van der Waals surface area contributed by atoms with E-state index in [1.54, 1.807) is 6.92 Å². The van der Waals surface area contributed by atoms with E-state index in [1.807, 2.05) is 6.92 Å². The van der Waals surface area contributed by atoms with Gasteiger partial charge in [0, 0.05) is 12.0 Å². The second-order valence-corrected chi connectivity index (χ2v) is 3.76. The van der Waals surface area contributed by atoms with Crippen LogP contribution >= 0.6 is 0 Å². The highest BCUT2D eigenvalue weighted by Crippen LogP contribution is 2.19. The lowest BCUT2D eigenvalue weighted by Crippen LogP contribution is -2.34. The number of hydrogen-bond donors (Lipinski definition) is 5. The van der Waals surface area contributed by atoms with Crippen LogP contribution in [-0.4, -0.2) is 33.6 Å². The van der Waals surface area contributed by atoms with Crippen molar-refractivity contribution < 1.29 is 9.90 Å². The van der Waals surface area contributed by atoms with E-state index < -0.39 is 12.0 Å². The highest BCUT2D eigenvalue weighted by Gasteiger charge is 2.13. The topological polar surface area (TPSA) is 139 Å². The molecule has 8 nitrogen and oxygen atoms in total. The van der Waals surface area contributed by atoms with E-state index >= 15 is 0 Å². The van der Waals surface area contributed by atoms with E-state index in [4.69, 9.17) is 11.6 Å².